The first kappa shape index (κ1) is 12.2. The van der Waals surface area contributed by atoms with Gasteiger partial charge in [0.25, 0.3) is 0 Å². The molecule has 0 aromatic heterocycles. The molecule has 19 heavy (non-hydrogen) atoms. The second-order valence-electron chi connectivity index (χ2n) is 5.38. The smallest absolute Gasteiger partial charge is 0.00513 e. The van der Waals surface area contributed by atoms with Crippen molar-refractivity contribution in [2.45, 2.75) is 26.3 Å². The molecule has 0 radical (unpaired) electrons. The maximum atomic E-state index is 6.04. The maximum Gasteiger partial charge on any atom is 0.00513 e. The molecule has 0 aliphatic carbocycles. The highest BCUT2D eigenvalue weighted by atomic mass is 14.6. The minimum absolute atomic E-state index is 0.175. The Morgan fingerprint density at radius 3 is 1.68 bits per heavy atom. The van der Waals surface area contributed by atoms with Crippen molar-refractivity contribution in [1.82, 2.24) is 0 Å². The van der Waals surface area contributed by atoms with Gasteiger partial charge in [-0.25, -0.2) is 0 Å². The second kappa shape index (κ2) is 4.67. The van der Waals surface area contributed by atoms with Crippen molar-refractivity contribution in [1.29, 1.82) is 0 Å². The van der Waals surface area contributed by atoms with E-state index in [-0.39, 0.29) is 6.04 Å². The van der Waals surface area contributed by atoms with E-state index in [4.69, 9.17) is 5.73 Å². The van der Waals surface area contributed by atoms with E-state index in [9.17, 15) is 0 Å². The molecule has 1 atom stereocenters. The number of hydrogen-bond donors (Lipinski definition) is 1. The Hall–Kier alpha value is -1.86. The molecule has 2 N–H and O–H groups in total. The predicted molar refractivity (Wildman–Crippen MR) is 83.5 cm³/mol. The van der Waals surface area contributed by atoms with Crippen LogP contribution in [0.2, 0.25) is 0 Å². The summed E-state index contributed by atoms with van der Waals surface area (Å²) in [6, 6.07) is 17.5. The quantitative estimate of drug-likeness (QED) is 0.677. The predicted octanol–water partition coefficient (Wildman–Crippen LogP) is 4.19. The largest absolute Gasteiger partial charge is 0.328 e. The van der Waals surface area contributed by atoms with Gasteiger partial charge in [-0.1, -0.05) is 48.5 Å². The number of benzene rings is 3. The molecule has 0 fully saturated rings. The number of hydrogen-bond acceptors (Lipinski definition) is 1. The van der Waals surface area contributed by atoms with Crippen molar-refractivity contribution in [3.63, 3.8) is 0 Å². The summed E-state index contributed by atoms with van der Waals surface area (Å²) in [4.78, 5) is 0. The average molecular weight is 249 g/mol. The van der Waals surface area contributed by atoms with Gasteiger partial charge in [0, 0.05) is 6.04 Å². The molecular formula is C18H19N. The molecule has 0 saturated carbocycles. The van der Waals surface area contributed by atoms with E-state index in [1.54, 1.807) is 0 Å². The van der Waals surface area contributed by atoms with E-state index >= 15 is 0 Å². The van der Waals surface area contributed by atoms with Crippen molar-refractivity contribution >= 4 is 21.5 Å². The van der Waals surface area contributed by atoms with Crippen LogP contribution in [0.25, 0.3) is 21.5 Å². The van der Waals surface area contributed by atoms with Crippen LogP contribution in [-0.4, -0.2) is 6.04 Å². The van der Waals surface area contributed by atoms with E-state index in [2.05, 4.69) is 62.4 Å². The third-order valence-electron chi connectivity index (χ3n) is 3.84. The summed E-state index contributed by atoms with van der Waals surface area (Å²) in [5.74, 6) is 0. The molecule has 1 unspecified atom stereocenters. The van der Waals surface area contributed by atoms with Gasteiger partial charge in [-0.05, 0) is 52.9 Å². The topological polar surface area (TPSA) is 26.0 Å². The Balaban J connectivity index is 2.49. The second-order valence-corrected chi connectivity index (χ2v) is 5.38. The molecule has 0 aliphatic rings. The Morgan fingerprint density at radius 1 is 0.842 bits per heavy atom. The number of aryl methyl sites for hydroxylation is 1. The van der Waals surface area contributed by atoms with Gasteiger partial charge in [0.05, 0.1) is 0 Å². The summed E-state index contributed by atoms with van der Waals surface area (Å²) >= 11 is 0. The zero-order valence-corrected chi connectivity index (χ0v) is 11.5. The van der Waals surface area contributed by atoms with Gasteiger partial charge < -0.3 is 5.73 Å². The van der Waals surface area contributed by atoms with Crippen LogP contribution in [0.5, 0.6) is 0 Å². The Kier molecular flexibility index (Phi) is 3.00. The Morgan fingerprint density at radius 2 is 1.26 bits per heavy atom. The minimum Gasteiger partial charge on any atom is -0.328 e. The summed E-state index contributed by atoms with van der Waals surface area (Å²) in [6.45, 7) is 4.28. The van der Waals surface area contributed by atoms with Gasteiger partial charge >= 0.3 is 0 Å². The first-order chi connectivity index (χ1) is 9.18. The lowest BCUT2D eigenvalue weighted by Crippen LogP contribution is -2.18. The molecule has 0 spiro atoms. The van der Waals surface area contributed by atoms with Crippen LogP contribution in [0.3, 0.4) is 0 Å². The summed E-state index contributed by atoms with van der Waals surface area (Å²) < 4.78 is 0. The molecule has 1 nitrogen and oxygen atoms in total. The average Bonchev–Trinajstić information content (AvgIpc) is 2.43. The van der Waals surface area contributed by atoms with Crippen LogP contribution in [0.4, 0.5) is 0 Å². The normalized spacial score (nSPS) is 13.0. The van der Waals surface area contributed by atoms with Crippen LogP contribution in [0, 0.1) is 6.92 Å². The van der Waals surface area contributed by atoms with E-state index in [1.807, 2.05) is 0 Å². The number of rotatable bonds is 2. The zero-order valence-electron chi connectivity index (χ0n) is 11.5. The Labute approximate surface area is 114 Å². The molecule has 0 heterocycles. The Bertz CT molecular complexity index is 684. The van der Waals surface area contributed by atoms with Crippen molar-refractivity contribution in [3.8, 4) is 0 Å². The molecule has 0 amide bonds. The molecule has 3 aromatic carbocycles. The monoisotopic (exact) mass is 249 g/mol. The summed E-state index contributed by atoms with van der Waals surface area (Å²) in [5, 5.41) is 5.38. The van der Waals surface area contributed by atoms with Gasteiger partial charge in [0.15, 0.2) is 0 Å². The highest BCUT2D eigenvalue weighted by Gasteiger charge is 2.11. The standard InChI is InChI=1S/C18H19N/c1-12(19)11-18-16-9-5-3-7-14(16)13(2)15-8-4-6-10-17(15)18/h3-10,12H,11,19H2,1-2H3. The van der Waals surface area contributed by atoms with Crippen molar-refractivity contribution < 1.29 is 0 Å². The molecular weight excluding hydrogens is 230 g/mol. The molecule has 0 aliphatic heterocycles. The molecule has 0 saturated heterocycles. The summed E-state index contributed by atoms with van der Waals surface area (Å²) in [6.07, 6.45) is 0.918. The molecule has 3 aromatic rings. The first-order valence-corrected chi connectivity index (χ1v) is 6.83. The van der Waals surface area contributed by atoms with Crippen molar-refractivity contribution in [2.24, 2.45) is 5.73 Å². The molecule has 96 valence electrons. The van der Waals surface area contributed by atoms with Crippen LogP contribution >= 0.6 is 0 Å². The lowest BCUT2D eigenvalue weighted by Gasteiger charge is -2.16. The van der Waals surface area contributed by atoms with Crippen molar-refractivity contribution in [2.75, 3.05) is 0 Å². The summed E-state index contributed by atoms with van der Waals surface area (Å²) in [5.41, 5.74) is 8.79. The SMILES string of the molecule is Cc1c2ccccc2c(CC(C)N)c2ccccc12. The van der Waals surface area contributed by atoms with Crippen LogP contribution < -0.4 is 5.73 Å². The van der Waals surface area contributed by atoms with Gasteiger partial charge in [-0.2, -0.15) is 0 Å². The lowest BCUT2D eigenvalue weighted by molar-refractivity contribution is 0.745. The number of fused-ring (bicyclic) bond motifs is 2. The van der Waals surface area contributed by atoms with E-state index < -0.39 is 0 Å². The van der Waals surface area contributed by atoms with Crippen LogP contribution in [0.15, 0.2) is 48.5 Å². The fourth-order valence-electron chi connectivity index (χ4n) is 2.98. The van der Waals surface area contributed by atoms with Crippen molar-refractivity contribution in [3.05, 3.63) is 59.7 Å². The fraction of sp³-hybridized carbons (Fsp3) is 0.222. The van der Waals surface area contributed by atoms with Gasteiger partial charge in [-0.3, -0.25) is 0 Å². The van der Waals surface area contributed by atoms with Gasteiger partial charge in [-0.15, -0.1) is 0 Å². The highest BCUT2D eigenvalue weighted by Crippen LogP contribution is 2.32. The lowest BCUT2D eigenvalue weighted by atomic mass is 9.90. The third kappa shape index (κ3) is 2.00. The number of nitrogens with two attached hydrogens (primary N) is 1. The minimum atomic E-state index is 0.175. The molecule has 3 rings (SSSR count). The van der Waals surface area contributed by atoms with E-state index in [1.165, 1.54) is 32.7 Å². The summed E-state index contributed by atoms with van der Waals surface area (Å²) in [7, 11) is 0. The fourth-order valence-corrected chi connectivity index (χ4v) is 2.98. The van der Waals surface area contributed by atoms with Crippen LogP contribution in [-0.2, 0) is 6.42 Å². The van der Waals surface area contributed by atoms with Crippen LogP contribution in [0.1, 0.15) is 18.1 Å². The zero-order chi connectivity index (χ0) is 13.4. The highest BCUT2D eigenvalue weighted by molar-refractivity contribution is 6.05. The third-order valence-corrected chi connectivity index (χ3v) is 3.84. The molecule has 0 bridgehead atoms. The first-order valence-electron chi connectivity index (χ1n) is 6.83. The molecule has 1 heteroatoms. The maximum absolute atomic E-state index is 6.04. The van der Waals surface area contributed by atoms with Gasteiger partial charge in [0.2, 0.25) is 0 Å². The van der Waals surface area contributed by atoms with Gasteiger partial charge in [0.1, 0.15) is 0 Å². The van der Waals surface area contributed by atoms with E-state index in [0.717, 1.165) is 6.42 Å². The van der Waals surface area contributed by atoms with E-state index in [0.29, 0.717) is 0 Å².